The van der Waals surface area contributed by atoms with E-state index in [4.69, 9.17) is 14.1 Å². The average molecular weight is 300 g/mol. The Kier molecular flexibility index (Phi) is 4.03. The van der Waals surface area contributed by atoms with Crippen molar-refractivity contribution in [1.29, 1.82) is 0 Å². The Morgan fingerprint density at radius 1 is 1.41 bits per heavy atom. The number of hydrogen-bond acceptors (Lipinski definition) is 7. The van der Waals surface area contributed by atoms with Gasteiger partial charge in [0, 0.05) is 0 Å². The number of carbonyl (C=O) groups is 1. The van der Waals surface area contributed by atoms with Gasteiger partial charge < -0.3 is 19.2 Å². The maximum atomic E-state index is 11.5. The molecule has 7 nitrogen and oxygen atoms in total. The normalized spacial score (nSPS) is 12.9. The van der Waals surface area contributed by atoms with Gasteiger partial charge in [-0.25, -0.2) is 14.8 Å². The van der Waals surface area contributed by atoms with E-state index in [1.165, 1.54) is 12.4 Å². The van der Waals surface area contributed by atoms with Crippen LogP contribution in [0.4, 0.5) is 0 Å². The van der Waals surface area contributed by atoms with Crippen LogP contribution in [-0.2, 0) is 16.0 Å². The lowest BCUT2D eigenvalue weighted by Gasteiger charge is -2.07. The zero-order valence-electron chi connectivity index (χ0n) is 11.9. The number of nitrogens with zero attached hydrogens (tertiary/aromatic N) is 2. The van der Waals surface area contributed by atoms with Crippen molar-refractivity contribution in [1.82, 2.24) is 9.97 Å². The van der Waals surface area contributed by atoms with Gasteiger partial charge in [0.05, 0.1) is 25.6 Å². The highest BCUT2D eigenvalue weighted by Crippen LogP contribution is 2.21. The second kappa shape index (κ2) is 6.12. The van der Waals surface area contributed by atoms with Gasteiger partial charge >= 0.3 is 13.1 Å². The van der Waals surface area contributed by atoms with Crippen LogP contribution in [0.3, 0.4) is 0 Å². The van der Waals surface area contributed by atoms with Gasteiger partial charge in [-0.15, -0.1) is 0 Å². The molecule has 0 aliphatic carbocycles. The number of benzene rings is 1. The topological polar surface area (TPSA) is 90.8 Å². The number of aromatic nitrogens is 2. The predicted molar refractivity (Wildman–Crippen MR) is 76.9 cm³/mol. The molecule has 22 heavy (non-hydrogen) atoms. The Bertz CT molecular complexity index is 692. The van der Waals surface area contributed by atoms with Crippen LogP contribution in [0.15, 0.2) is 30.6 Å². The van der Waals surface area contributed by atoms with E-state index in [0.717, 1.165) is 5.56 Å². The van der Waals surface area contributed by atoms with Gasteiger partial charge in [-0.05, 0) is 30.1 Å². The smallest absolute Gasteiger partial charge is 0.461 e. The largest absolute Gasteiger partial charge is 0.491 e. The van der Waals surface area contributed by atoms with Crippen molar-refractivity contribution in [2.75, 3.05) is 6.61 Å². The van der Waals surface area contributed by atoms with Crippen LogP contribution >= 0.6 is 0 Å². The first-order chi connectivity index (χ1) is 10.7. The molecule has 2 heterocycles. The van der Waals surface area contributed by atoms with Gasteiger partial charge in [0.15, 0.2) is 5.69 Å². The highest BCUT2D eigenvalue weighted by molar-refractivity contribution is 6.61. The van der Waals surface area contributed by atoms with E-state index in [9.17, 15) is 9.82 Å². The molecule has 8 heteroatoms. The summed E-state index contributed by atoms with van der Waals surface area (Å²) in [7, 11) is -0.934. The van der Waals surface area contributed by atoms with Crippen LogP contribution in [-0.4, -0.2) is 34.7 Å². The molecular weight excluding hydrogens is 287 g/mol. The Balaban J connectivity index is 1.74. The molecule has 1 N–H and O–H groups in total. The SMILES string of the molecule is CCOC(=O)c1cnc(Oc2ccc3c(c2)B(O)OC3)cn1. The van der Waals surface area contributed by atoms with Crippen molar-refractivity contribution in [2.24, 2.45) is 0 Å². The molecule has 0 amide bonds. The molecule has 0 unspecified atom stereocenters. The first-order valence-corrected chi connectivity index (χ1v) is 6.77. The number of ether oxygens (including phenoxy) is 2. The van der Waals surface area contributed by atoms with Crippen LogP contribution in [0.2, 0.25) is 0 Å². The molecule has 0 fully saturated rings. The molecular formula is C14H13BN2O5. The minimum Gasteiger partial charge on any atom is -0.461 e. The first kappa shape index (κ1) is 14.5. The molecule has 0 radical (unpaired) electrons. The number of hydrogen-bond donors (Lipinski definition) is 1. The maximum Gasteiger partial charge on any atom is 0.491 e. The Morgan fingerprint density at radius 2 is 2.27 bits per heavy atom. The number of esters is 1. The first-order valence-electron chi connectivity index (χ1n) is 6.77. The molecule has 0 spiro atoms. The van der Waals surface area contributed by atoms with Crippen molar-refractivity contribution < 1.29 is 23.9 Å². The van der Waals surface area contributed by atoms with Gasteiger partial charge in [0.2, 0.25) is 5.88 Å². The maximum absolute atomic E-state index is 11.5. The molecule has 0 bridgehead atoms. The molecule has 1 aliphatic rings. The molecule has 3 rings (SSSR count). The monoisotopic (exact) mass is 300 g/mol. The lowest BCUT2D eigenvalue weighted by atomic mass is 9.79. The van der Waals surface area contributed by atoms with Gasteiger partial charge in [-0.2, -0.15) is 0 Å². The minimum absolute atomic E-state index is 0.118. The Labute approximate surface area is 127 Å². The molecule has 1 aliphatic heterocycles. The van der Waals surface area contributed by atoms with E-state index in [0.29, 0.717) is 17.8 Å². The summed E-state index contributed by atoms with van der Waals surface area (Å²) >= 11 is 0. The van der Waals surface area contributed by atoms with Crippen molar-refractivity contribution in [3.05, 3.63) is 41.9 Å². The van der Waals surface area contributed by atoms with E-state index in [2.05, 4.69) is 9.97 Å². The lowest BCUT2D eigenvalue weighted by Crippen LogP contribution is -2.27. The summed E-state index contributed by atoms with van der Waals surface area (Å²) in [5.74, 6) is 0.210. The number of fused-ring (bicyclic) bond motifs is 1. The summed E-state index contributed by atoms with van der Waals surface area (Å²) in [5.41, 5.74) is 1.71. The standard InChI is InChI=1S/C14H13BN2O5/c1-2-20-14(18)12-6-17-13(7-16-12)22-10-4-3-9-8-21-15(19)11(9)5-10/h3-7,19H,2,8H2,1H3. The summed E-state index contributed by atoms with van der Waals surface area (Å²) in [6.45, 7) is 2.37. The molecule has 1 aromatic carbocycles. The van der Waals surface area contributed by atoms with E-state index in [1.807, 2.05) is 6.07 Å². The van der Waals surface area contributed by atoms with Gasteiger partial charge in [0.1, 0.15) is 5.75 Å². The van der Waals surface area contributed by atoms with Crippen LogP contribution in [0.5, 0.6) is 11.6 Å². The molecule has 1 aromatic heterocycles. The van der Waals surface area contributed by atoms with Crippen LogP contribution in [0, 0.1) is 0 Å². The van der Waals surface area contributed by atoms with E-state index < -0.39 is 13.1 Å². The van der Waals surface area contributed by atoms with Gasteiger partial charge in [-0.1, -0.05) is 6.07 Å². The third-order valence-electron chi connectivity index (χ3n) is 3.12. The second-order valence-electron chi connectivity index (χ2n) is 4.59. The van der Waals surface area contributed by atoms with Crippen molar-refractivity contribution in [2.45, 2.75) is 13.5 Å². The fraction of sp³-hybridized carbons (Fsp3) is 0.214. The summed E-state index contributed by atoms with van der Waals surface area (Å²) in [6, 6.07) is 5.26. The van der Waals surface area contributed by atoms with E-state index in [-0.39, 0.29) is 18.2 Å². The molecule has 0 atom stereocenters. The van der Waals surface area contributed by atoms with Crippen molar-refractivity contribution >= 4 is 18.6 Å². The fourth-order valence-electron chi connectivity index (χ4n) is 2.06. The summed E-state index contributed by atoms with van der Waals surface area (Å²) in [4.78, 5) is 19.4. The van der Waals surface area contributed by atoms with Crippen LogP contribution < -0.4 is 10.2 Å². The van der Waals surface area contributed by atoms with E-state index in [1.54, 1.807) is 19.1 Å². The fourth-order valence-corrected chi connectivity index (χ4v) is 2.06. The van der Waals surface area contributed by atoms with Gasteiger partial charge in [-0.3, -0.25) is 0 Å². The van der Waals surface area contributed by atoms with Gasteiger partial charge in [0.25, 0.3) is 0 Å². The quantitative estimate of drug-likeness (QED) is 0.655. The zero-order chi connectivity index (χ0) is 15.5. The minimum atomic E-state index is -0.934. The van der Waals surface area contributed by atoms with Crippen molar-refractivity contribution in [3.8, 4) is 11.6 Å². The molecule has 112 valence electrons. The van der Waals surface area contributed by atoms with E-state index >= 15 is 0 Å². The Hall–Kier alpha value is -2.45. The number of carbonyl (C=O) groups excluding carboxylic acids is 1. The molecule has 2 aromatic rings. The van der Waals surface area contributed by atoms with Crippen LogP contribution in [0.25, 0.3) is 0 Å². The Morgan fingerprint density at radius 3 is 3.00 bits per heavy atom. The average Bonchev–Trinajstić information content (AvgIpc) is 2.89. The summed E-state index contributed by atoms with van der Waals surface area (Å²) in [6.07, 6.45) is 2.63. The molecule has 0 saturated carbocycles. The number of rotatable bonds is 4. The third kappa shape index (κ3) is 2.93. The van der Waals surface area contributed by atoms with Crippen LogP contribution in [0.1, 0.15) is 23.0 Å². The summed E-state index contributed by atoms with van der Waals surface area (Å²) < 4.78 is 15.5. The lowest BCUT2D eigenvalue weighted by molar-refractivity contribution is 0.0519. The van der Waals surface area contributed by atoms with Crippen molar-refractivity contribution in [3.63, 3.8) is 0 Å². The predicted octanol–water partition coefficient (Wildman–Crippen LogP) is 0.663. The molecule has 0 saturated heterocycles. The zero-order valence-corrected chi connectivity index (χ0v) is 11.9. The highest BCUT2D eigenvalue weighted by Gasteiger charge is 2.27. The third-order valence-corrected chi connectivity index (χ3v) is 3.12. The highest BCUT2D eigenvalue weighted by atomic mass is 16.5. The second-order valence-corrected chi connectivity index (χ2v) is 4.59. The summed E-state index contributed by atoms with van der Waals surface area (Å²) in [5, 5.41) is 9.66.